The second-order valence-corrected chi connectivity index (χ2v) is 7.06. The smallest absolute Gasteiger partial charge is 0.276 e. The summed E-state index contributed by atoms with van der Waals surface area (Å²) in [4.78, 5) is 2.25. The predicted octanol–water partition coefficient (Wildman–Crippen LogP) is 3.04. The van der Waals surface area contributed by atoms with Crippen LogP contribution in [0.2, 0.25) is 0 Å². The van der Waals surface area contributed by atoms with E-state index in [9.17, 15) is 8.42 Å². The second kappa shape index (κ2) is 8.21. The average molecular weight is 381 g/mol. The lowest BCUT2D eigenvalue weighted by atomic mass is 10.2. The van der Waals surface area contributed by atoms with Crippen LogP contribution in [0.4, 0.5) is 0 Å². The molecule has 0 saturated carbocycles. The summed E-state index contributed by atoms with van der Waals surface area (Å²) in [6, 6.07) is 20.0. The molecule has 7 nitrogen and oxygen atoms in total. The molecule has 3 aromatic rings. The molecule has 0 aliphatic rings. The monoisotopic (exact) mass is 381 g/mol. The number of ether oxygens (including phenoxy) is 1. The van der Waals surface area contributed by atoms with Crippen LogP contribution in [0.25, 0.3) is 0 Å². The van der Waals surface area contributed by atoms with E-state index in [4.69, 9.17) is 14.4 Å². The molecule has 0 aliphatic carbocycles. The quantitative estimate of drug-likeness (QED) is 0.500. The lowest BCUT2D eigenvalue weighted by Gasteiger charge is -2.03. The molecule has 1 N–H and O–H groups in total. The first-order chi connectivity index (χ1) is 13.1. The SMILES string of the molecule is N#Cc1ccc(OCc2ccc(/C=N\NS(=O)(=O)c3ccccc3)o2)cc1. The van der Waals surface area contributed by atoms with Crippen LogP contribution in [-0.2, 0) is 16.6 Å². The van der Waals surface area contributed by atoms with Gasteiger partial charge in [-0.2, -0.15) is 23.6 Å². The number of hydrazone groups is 1. The molecule has 1 heterocycles. The van der Waals surface area contributed by atoms with Gasteiger partial charge in [0.1, 0.15) is 23.9 Å². The topological polar surface area (TPSA) is 105 Å². The van der Waals surface area contributed by atoms with E-state index in [0.717, 1.165) is 0 Å². The maximum atomic E-state index is 12.0. The predicted molar refractivity (Wildman–Crippen MR) is 98.6 cm³/mol. The van der Waals surface area contributed by atoms with Gasteiger partial charge in [-0.3, -0.25) is 0 Å². The number of hydrogen-bond acceptors (Lipinski definition) is 6. The Morgan fingerprint density at radius 1 is 1.07 bits per heavy atom. The van der Waals surface area contributed by atoms with Crippen molar-refractivity contribution in [1.29, 1.82) is 5.26 Å². The number of hydrogen-bond donors (Lipinski definition) is 1. The first-order valence-electron chi connectivity index (χ1n) is 7.88. The minimum absolute atomic E-state index is 0.123. The third-order valence-corrected chi connectivity index (χ3v) is 4.70. The van der Waals surface area contributed by atoms with Crippen molar-refractivity contribution in [1.82, 2.24) is 4.83 Å². The molecule has 27 heavy (non-hydrogen) atoms. The highest BCUT2D eigenvalue weighted by atomic mass is 32.2. The van der Waals surface area contributed by atoms with Crippen LogP contribution in [0.1, 0.15) is 17.1 Å². The minimum atomic E-state index is -3.71. The summed E-state index contributed by atoms with van der Waals surface area (Å²) >= 11 is 0. The molecule has 0 spiro atoms. The van der Waals surface area contributed by atoms with Crippen molar-refractivity contribution in [2.24, 2.45) is 5.10 Å². The van der Waals surface area contributed by atoms with Crippen molar-refractivity contribution in [2.75, 3.05) is 0 Å². The summed E-state index contributed by atoms with van der Waals surface area (Å²) in [5.41, 5.74) is 0.553. The van der Waals surface area contributed by atoms with E-state index in [1.165, 1.54) is 18.3 Å². The number of nitrogens with one attached hydrogen (secondary N) is 1. The van der Waals surface area contributed by atoms with Crippen LogP contribution in [0.15, 0.2) is 81.1 Å². The van der Waals surface area contributed by atoms with Crippen molar-refractivity contribution in [3.8, 4) is 11.8 Å². The zero-order valence-electron chi connectivity index (χ0n) is 14.1. The maximum Gasteiger partial charge on any atom is 0.276 e. The zero-order valence-corrected chi connectivity index (χ0v) is 14.9. The van der Waals surface area contributed by atoms with Gasteiger partial charge in [0.05, 0.1) is 22.7 Å². The number of sulfonamides is 1. The van der Waals surface area contributed by atoms with Gasteiger partial charge in [-0.25, -0.2) is 0 Å². The number of rotatable bonds is 7. The fourth-order valence-electron chi connectivity index (χ4n) is 2.13. The number of furan rings is 1. The van der Waals surface area contributed by atoms with E-state index in [0.29, 0.717) is 22.8 Å². The lowest BCUT2D eigenvalue weighted by molar-refractivity contribution is 0.270. The van der Waals surface area contributed by atoms with Crippen LogP contribution in [0.3, 0.4) is 0 Å². The fraction of sp³-hybridized carbons (Fsp3) is 0.0526. The molecule has 0 atom stereocenters. The number of benzene rings is 2. The standard InChI is InChI=1S/C19H15N3O4S/c20-12-15-6-8-16(9-7-15)25-14-18-11-10-17(26-18)13-21-22-27(23,24)19-4-2-1-3-5-19/h1-11,13,22H,14H2/b21-13-. The van der Waals surface area contributed by atoms with Gasteiger partial charge in [0.2, 0.25) is 0 Å². The largest absolute Gasteiger partial charge is 0.486 e. The van der Waals surface area contributed by atoms with Crippen molar-refractivity contribution < 1.29 is 17.6 Å². The molecule has 0 amide bonds. The number of nitriles is 1. The Bertz CT molecular complexity index is 1070. The van der Waals surface area contributed by atoms with Gasteiger partial charge in [-0.1, -0.05) is 18.2 Å². The highest BCUT2D eigenvalue weighted by Crippen LogP contribution is 2.15. The Labute approximate surface area is 156 Å². The summed E-state index contributed by atoms with van der Waals surface area (Å²) in [6.45, 7) is 0.190. The Hall–Kier alpha value is -3.57. The van der Waals surface area contributed by atoms with Crippen molar-refractivity contribution in [3.63, 3.8) is 0 Å². The van der Waals surface area contributed by atoms with E-state index in [1.54, 1.807) is 54.6 Å². The molecular weight excluding hydrogens is 366 g/mol. The third kappa shape index (κ3) is 4.96. The van der Waals surface area contributed by atoms with E-state index in [1.807, 2.05) is 6.07 Å². The first kappa shape index (κ1) is 18.2. The molecule has 0 aliphatic heterocycles. The Kier molecular flexibility index (Phi) is 5.54. The van der Waals surface area contributed by atoms with E-state index in [2.05, 4.69) is 9.93 Å². The summed E-state index contributed by atoms with van der Waals surface area (Å²) in [5, 5.41) is 12.5. The van der Waals surface area contributed by atoms with Crippen LogP contribution in [-0.4, -0.2) is 14.6 Å². The highest BCUT2D eigenvalue weighted by Gasteiger charge is 2.11. The van der Waals surface area contributed by atoms with Crippen LogP contribution in [0, 0.1) is 11.3 Å². The Morgan fingerprint density at radius 3 is 2.52 bits per heavy atom. The summed E-state index contributed by atoms with van der Waals surface area (Å²) < 4.78 is 35.1. The van der Waals surface area contributed by atoms with E-state index < -0.39 is 10.0 Å². The lowest BCUT2D eigenvalue weighted by Crippen LogP contribution is -2.18. The van der Waals surface area contributed by atoms with Gasteiger partial charge in [-0.05, 0) is 48.5 Å². The second-order valence-electron chi connectivity index (χ2n) is 5.39. The van der Waals surface area contributed by atoms with Gasteiger partial charge in [0.25, 0.3) is 10.0 Å². The molecule has 0 unspecified atom stereocenters. The molecule has 8 heteroatoms. The van der Waals surface area contributed by atoms with E-state index >= 15 is 0 Å². The average Bonchev–Trinajstić information content (AvgIpc) is 3.15. The molecule has 0 saturated heterocycles. The molecule has 1 aromatic heterocycles. The van der Waals surface area contributed by atoms with Gasteiger partial charge < -0.3 is 9.15 Å². The minimum Gasteiger partial charge on any atom is -0.486 e. The van der Waals surface area contributed by atoms with Crippen LogP contribution < -0.4 is 9.57 Å². The molecule has 0 bridgehead atoms. The van der Waals surface area contributed by atoms with Crippen molar-refractivity contribution in [3.05, 3.63) is 83.8 Å². The normalized spacial score (nSPS) is 11.2. The first-order valence-corrected chi connectivity index (χ1v) is 9.37. The van der Waals surface area contributed by atoms with Gasteiger partial charge in [0.15, 0.2) is 0 Å². The van der Waals surface area contributed by atoms with Crippen LogP contribution in [0.5, 0.6) is 5.75 Å². The fourth-order valence-corrected chi connectivity index (χ4v) is 2.95. The molecule has 2 aromatic carbocycles. The summed E-state index contributed by atoms with van der Waals surface area (Å²) in [5.74, 6) is 1.53. The highest BCUT2D eigenvalue weighted by molar-refractivity contribution is 7.89. The number of nitrogens with zero attached hydrogens (tertiary/aromatic N) is 2. The van der Waals surface area contributed by atoms with Gasteiger partial charge >= 0.3 is 0 Å². The van der Waals surface area contributed by atoms with Crippen molar-refractivity contribution in [2.45, 2.75) is 11.5 Å². The molecule has 0 fully saturated rings. The molecule has 3 rings (SSSR count). The van der Waals surface area contributed by atoms with Crippen molar-refractivity contribution >= 4 is 16.2 Å². The zero-order chi connectivity index (χ0) is 19.1. The van der Waals surface area contributed by atoms with Gasteiger partial charge in [-0.15, -0.1) is 0 Å². The van der Waals surface area contributed by atoms with E-state index in [-0.39, 0.29) is 11.5 Å². The summed E-state index contributed by atoms with van der Waals surface area (Å²) in [7, 11) is -3.71. The molecule has 136 valence electrons. The Balaban J connectivity index is 1.56. The van der Waals surface area contributed by atoms with Crippen LogP contribution >= 0.6 is 0 Å². The van der Waals surface area contributed by atoms with Gasteiger partial charge in [0, 0.05) is 0 Å². The molecule has 0 radical (unpaired) electrons. The third-order valence-electron chi connectivity index (χ3n) is 3.47. The Morgan fingerprint density at radius 2 is 1.81 bits per heavy atom. The summed E-state index contributed by atoms with van der Waals surface area (Å²) in [6.07, 6.45) is 1.27. The maximum absolute atomic E-state index is 12.0. The molecular formula is C19H15N3O4S.